The van der Waals surface area contributed by atoms with E-state index in [1.807, 2.05) is 13.2 Å². The molecule has 0 aliphatic heterocycles. The van der Waals surface area contributed by atoms with E-state index in [1.54, 1.807) is 4.68 Å². The van der Waals surface area contributed by atoms with Gasteiger partial charge < -0.3 is 10.2 Å². The second kappa shape index (κ2) is 4.94. The van der Waals surface area contributed by atoms with Gasteiger partial charge in [-0.3, -0.25) is 4.68 Å². The van der Waals surface area contributed by atoms with Crippen molar-refractivity contribution in [2.75, 3.05) is 27.2 Å². The van der Waals surface area contributed by atoms with E-state index in [4.69, 9.17) is 0 Å². The van der Waals surface area contributed by atoms with E-state index < -0.39 is 0 Å². The van der Waals surface area contributed by atoms with Crippen LogP contribution < -0.4 is 5.32 Å². The van der Waals surface area contributed by atoms with Gasteiger partial charge in [0, 0.05) is 32.9 Å². The van der Waals surface area contributed by atoms with Gasteiger partial charge in [0.05, 0.1) is 5.69 Å². The summed E-state index contributed by atoms with van der Waals surface area (Å²) in [5, 5.41) is 11.1. The fraction of sp³-hybridized carbons (Fsp3) is 0.750. The van der Waals surface area contributed by atoms with Gasteiger partial charge in [-0.2, -0.15) is 0 Å². The minimum absolute atomic E-state index is 0.793. The van der Waals surface area contributed by atoms with Gasteiger partial charge in [-0.05, 0) is 14.1 Å². The molecule has 0 radical (unpaired) electrons. The molecule has 5 nitrogen and oxygen atoms in total. The zero-order chi connectivity index (χ0) is 9.68. The van der Waals surface area contributed by atoms with Crippen molar-refractivity contribution >= 4 is 0 Å². The lowest BCUT2D eigenvalue weighted by molar-refractivity contribution is 0.399. The Bertz CT molecular complexity index is 242. The van der Waals surface area contributed by atoms with Crippen LogP contribution in [0.2, 0.25) is 0 Å². The minimum atomic E-state index is 0.793. The molecule has 0 amide bonds. The monoisotopic (exact) mass is 183 g/mol. The van der Waals surface area contributed by atoms with Gasteiger partial charge in [0.2, 0.25) is 0 Å². The van der Waals surface area contributed by atoms with Gasteiger partial charge in [-0.25, -0.2) is 0 Å². The van der Waals surface area contributed by atoms with Crippen molar-refractivity contribution in [3.05, 3.63) is 11.9 Å². The van der Waals surface area contributed by atoms with Gasteiger partial charge in [0.15, 0.2) is 0 Å². The van der Waals surface area contributed by atoms with Crippen LogP contribution in [0.5, 0.6) is 0 Å². The summed E-state index contributed by atoms with van der Waals surface area (Å²) in [6.45, 7) is 2.81. The molecule has 0 saturated heterocycles. The van der Waals surface area contributed by atoms with Crippen LogP contribution in [-0.2, 0) is 13.6 Å². The quantitative estimate of drug-likeness (QED) is 0.623. The fourth-order valence-electron chi connectivity index (χ4n) is 0.995. The maximum Gasteiger partial charge on any atom is 0.0964 e. The lowest BCUT2D eigenvalue weighted by Gasteiger charge is -2.08. The SMILES string of the molecule is CN(C)CCNCc1cn(C)nn1. The topological polar surface area (TPSA) is 46.0 Å². The van der Waals surface area contributed by atoms with Gasteiger partial charge in [-0.1, -0.05) is 5.21 Å². The molecule has 74 valence electrons. The molecule has 1 aromatic rings. The van der Waals surface area contributed by atoms with Gasteiger partial charge in [-0.15, -0.1) is 5.10 Å². The molecule has 0 spiro atoms. The van der Waals surface area contributed by atoms with Crippen molar-refractivity contribution in [2.45, 2.75) is 6.54 Å². The van der Waals surface area contributed by atoms with Crippen molar-refractivity contribution in [3.8, 4) is 0 Å². The number of hydrogen-bond acceptors (Lipinski definition) is 4. The largest absolute Gasteiger partial charge is 0.310 e. The third kappa shape index (κ3) is 4.00. The van der Waals surface area contributed by atoms with Crippen LogP contribution >= 0.6 is 0 Å². The Morgan fingerprint density at radius 1 is 1.54 bits per heavy atom. The first-order valence-electron chi connectivity index (χ1n) is 4.39. The number of nitrogens with zero attached hydrogens (tertiary/aromatic N) is 4. The lowest BCUT2D eigenvalue weighted by Crippen LogP contribution is -2.26. The number of nitrogens with one attached hydrogen (secondary N) is 1. The van der Waals surface area contributed by atoms with Crippen LogP contribution in [0.4, 0.5) is 0 Å². The van der Waals surface area contributed by atoms with Crippen LogP contribution in [0, 0.1) is 0 Å². The molecular formula is C8H17N5. The summed E-state index contributed by atoms with van der Waals surface area (Å²) < 4.78 is 1.71. The van der Waals surface area contributed by atoms with Gasteiger partial charge in [0.25, 0.3) is 0 Å². The predicted octanol–water partition coefficient (Wildman–Crippen LogP) is -0.534. The summed E-state index contributed by atoms with van der Waals surface area (Å²) in [4.78, 5) is 2.14. The summed E-state index contributed by atoms with van der Waals surface area (Å²) in [5.41, 5.74) is 0.987. The van der Waals surface area contributed by atoms with E-state index in [1.165, 1.54) is 0 Å². The molecule has 1 aromatic heterocycles. The van der Waals surface area contributed by atoms with Crippen molar-refractivity contribution in [3.63, 3.8) is 0 Å². The third-order valence-electron chi connectivity index (χ3n) is 1.69. The highest BCUT2D eigenvalue weighted by Crippen LogP contribution is 1.88. The van der Waals surface area contributed by atoms with Crippen LogP contribution in [0.15, 0.2) is 6.20 Å². The number of hydrogen-bond donors (Lipinski definition) is 1. The molecule has 0 atom stereocenters. The molecule has 13 heavy (non-hydrogen) atoms. The third-order valence-corrected chi connectivity index (χ3v) is 1.69. The van der Waals surface area contributed by atoms with Crippen molar-refractivity contribution in [1.82, 2.24) is 25.2 Å². The highest BCUT2D eigenvalue weighted by atomic mass is 15.4. The first-order chi connectivity index (χ1) is 6.18. The molecule has 1 N–H and O–H groups in total. The highest BCUT2D eigenvalue weighted by Gasteiger charge is 1.96. The van der Waals surface area contributed by atoms with Crippen LogP contribution in [0.25, 0.3) is 0 Å². The zero-order valence-electron chi connectivity index (χ0n) is 8.49. The summed E-state index contributed by atoms with van der Waals surface area (Å²) in [6, 6.07) is 0. The predicted molar refractivity (Wildman–Crippen MR) is 51.3 cm³/mol. The molecule has 0 bridgehead atoms. The van der Waals surface area contributed by atoms with Gasteiger partial charge in [0.1, 0.15) is 0 Å². The Morgan fingerprint density at radius 3 is 2.85 bits per heavy atom. The zero-order valence-corrected chi connectivity index (χ0v) is 8.49. The molecule has 1 heterocycles. The Balaban J connectivity index is 2.13. The summed E-state index contributed by atoms with van der Waals surface area (Å²) in [5.74, 6) is 0. The fourth-order valence-corrected chi connectivity index (χ4v) is 0.995. The van der Waals surface area contributed by atoms with E-state index in [9.17, 15) is 0 Å². The molecule has 0 saturated carbocycles. The lowest BCUT2D eigenvalue weighted by atomic mass is 10.4. The molecule has 0 aliphatic carbocycles. The molecule has 0 aliphatic rings. The minimum Gasteiger partial charge on any atom is -0.310 e. The average molecular weight is 183 g/mol. The van der Waals surface area contributed by atoms with E-state index >= 15 is 0 Å². The van der Waals surface area contributed by atoms with E-state index in [2.05, 4.69) is 34.6 Å². The van der Waals surface area contributed by atoms with Crippen molar-refractivity contribution < 1.29 is 0 Å². The van der Waals surface area contributed by atoms with E-state index in [-0.39, 0.29) is 0 Å². The number of aromatic nitrogens is 3. The molecule has 5 heteroatoms. The number of rotatable bonds is 5. The Morgan fingerprint density at radius 2 is 2.31 bits per heavy atom. The summed E-state index contributed by atoms with van der Waals surface area (Å²) in [6.07, 6.45) is 1.92. The number of aryl methyl sites for hydroxylation is 1. The van der Waals surface area contributed by atoms with Crippen LogP contribution in [0.3, 0.4) is 0 Å². The Hall–Kier alpha value is -0.940. The highest BCUT2D eigenvalue weighted by molar-refractivity contribution is 4.90. The first-order valence-corrected chi connectivity index (χ1v) is 4.39. The average Bonchev–Trinajstić information content (AvgIpc) is 2.45. The standard InChI is InChI=1S/C8H17N5/c1-12(2)5-4-9-6-8-7-13(3)11-10-8/h7,9H,4-6H2,1-3H3. The van der Waals surface area contributed by atoms with Crippen LogP contribution in [0.1, 0.15) is 5.69 Å². The Labute approximate surface area is 78.7 Å². The molecule has 0 fully saturated rings. The van der Waals surface area contributed by atoms with Gasteiger partial charge >= 0.3 is 0 Å². The Kier molecular flexibility index (Phi) is 3.85. The second-order valence-corrected chi connectivity index (χ2v) is 3.36. The smallest absolute Gasteiger partial charge is 0.0964 e. The van der Waals surface area contributed by atoms with Crippen LogP contribution in [-0.4, -0.2) is 47.1 Å². The van der Waals surface area contributed by atoms with Crippen molar-refractivity contribution in [1.29, 1.82) is 0 Å². The van der Waals surface area contributed by atoms with E-state index in [0.29, 0.717) is 0 Å². The molecule has 0 aromatic carbocycles. The summed E-state index contributed by atoms with van der Waals surface area (Å²) >= 11 is 0. The first kappa shape index (κ1) is 10.1. The molecule has 0 unspecified atom stereocenters. The van der Waals surface area contributed by atoms with E-state index in [0.717, 1.165) is 25.3 Å². The summed E-state index contributed by atoms with van der Waals surface area (Å²) in [7, 11) is 5.99. The van der Waals surface area contributed by atoms with Crippen molar-refractivity contribution in [2.24, 2.45) is 7.05 Å². The second-order valence-electron chi connectivity index (χ2n) is 3.36. The maximum atomic E-state index is 3.97. The molecular weight excluding hydrogens is 166 g/mol. The maximum absolute atomic E-state index is 3.97. The molecule has 1 rings (SSSR count). The normalized spacial score (nSPS) is 11.1. The number of likely N-dealkylation sites (N-methyl/N-ethyl adjacent to an activating group) is 1.